The SMILES string of the molecule is C1=CCC(B2CNC(C3CC3)NC2)CC1. The maximum atomic E-state index is 3.69. The minimum Gasteiger partial charge on any atom is -0.309 e. The first-order chi connectivity index (χ1) is 7.43. The molecule has 0 aromatic rings. The Morgan fingerprint density at radius 3 is 2.40 bits per heavy atom. The van der Waals surface area contributed by atoms with E-state index in [1.54, 1.807) is 0 Å². The van der Waals surface area contributed by atoms with Gasteiger partial charge in [-0.25, -0.2) is 0 Å². The Kier molecular flexibility index (Phi) is 2.84. The summed E-state index contributed by atoms with van der Waals surface area (Å²) in [6.07, 6.45) is 14.7. The molecule has 2 nitrogen and oxygen atoms in total. The van der Waals surface area contributed by atoms with Crippen LogP contribution in [0.25, 0.3) is 0 Å². The molecule has 0 spiro atoms. The van der Waals surface area contributed by atoms with Crippen molar-refractivity contribution in [2.45, 2.75) is 44.1 Å². The molecular formula is C12H21BN2. The fourth-order valence-corrected chi connectivity index (χ4v) is 3.04. The zero-order chi connectivity index (χ0) is 10.1. The van der Waals surface area contributed by atoms with E-state index in [-0.39, 0.29) is 0 Å². The van der Waals surface area contributed by atoms with E-state index < -0.39 is 0 Å². The summed E-state index contributed by atoms with van der Waals surface area (Å²) in [5, 5.41) is 7.39. The van der Waals surface area contributed by atoms with Crippen LogP contribution in [0.5, 0.6) is 0 Å². The average Bonchev–Trinajstić information content (AvgIpc) is 3.15. The largest absolute Gasteiger partial charge is 0.309 e. The molecule has 0 amide bonds. The van der Waals surface area contributed by atoms with E-state index in [1.165, 1.54) is 45.0 Å². The van der Waals surface area contributed by atoms with Crippen molar-refractivity contribution < 1.29 is 0 Å². The molecule has 1 heterocycles. The molecule has 3 rings (SSSR count). The van der Waals surface area contributed by atoms with Crippen LogP contribution in [0.2, 0.25) is 5.82 Å². The third-order valence-electron chi connectivity index (χ3n) is 4.27. The molecule has 1 atom stereocenters. The maximum Gasteiger partial charge on any atom is 0.175 e. The lowest BCUT2D eigenvalue weighted by Crippen LogP contribution is -2.59. The summed E-state index contributed by atoms with van der Waals surface area (Å²) in [7, 11) is 0. The van der Waals surface area contributed by atoms with E-state index in [2.05, 4.69) is 22.8 Å². The van der Waals surface area contributed by atoms with E-state index >= 15 is 0 Å². The molecule has 3 heteroatoms. The molecule has 0 bridgehead atoms. The molecule has 2 N–H and O–H groups in total. The summed E-state index contributed by atoms with van der Waals surface area (Å²) in [6.45, 7) is 0.866. The predicted molar refractivity (Wildman–Crippen MR) is 65.0 cm³/mol. The summed E-state index contributed by atoms with van der Waals surface area (Å²) in [6, 6.07) is 0. The van der Waals surface area contributed by atoms with Crippen molar-refractivity contribution in [1.29, 1.82) is 0 Å². The third kappa shape index (κ3) is 2.29. The highest BCUT2D eigenvalue weighted by Gasteiger charge is 2.36. The maximum absolute atomic E-state index is 3.69. The Labute approximate surface area is 93.0 Å². The van der Waals surface area contributed by atoms with Gasteiger partial charge in [0.1, 0.15) is 0 Å². The standard InChI is InChI=1S/C12H21BN2/c1-2-4-11(5-3-1)13-8-14-12(15-9-13)10-6-7-10/h1-2,10-12,14-15H,3-9H2. The Morgan fingerprint density at radius 1 is 1.00 bits per heavy atom. The van der Waals surface area contributed by atoms with E-state index in [4.69, 9.17) is 0 Å². The number of allylic oxidation sites excluding steroid dienone is 2. The number of nitrogens with one attached hydrogen (secondary N) is 2. The van der Waals surface area contributed by atoms with Crippen molar-refractivity contribution >= 4 is 6.71 Å². The van der Waals surface area contributed by atoms with E-state index in [1.807, 2.05) is 0 Å². The summed E-state index contributed by atoms with van der Waals surface area (Å²) < 4.78 is 0. The second-order valence-electron chi connectivity index (χ2n) is 5.44. The number of hydrogen-bond donors (Lipinski definition) is 2. The molecule has 2 fully saturated rings. The molecule has 3 aliphatic rings. The van der Waals surface area contributed by atoms with Gasteiger partial charge < -0.3 is 10.6 Å². The van der Waals surface area contributed by atoms with Gasteiger partial charge in [0.05, 0.1) is 6.17 Å². The summed E-state index contributed by atoms with van der Waals surface area (Å²) in [5.74, 6) is 1.87. The first-order valence-corrected chi connectivity index (χ1v) is 6.55. The van der Waals surface area contributed by atoms with Crippen molar-refractivity contribution in [2.24, 2.45) is 5.92 Å². The number of rotatable bonds is 2. The summed E-state index contributed by atoms with van der Waals surface area (Å²) in [5.41, 5.74) is 0. The molecular weight excluding hydrogens is 183 g/mol. The van der Waals surface area contributed by atoms with Gasteiger partial charge in [0.15, 0.2) is 6.71 Å². The van der Waals surface area contributed by atoms with Crippen molar-refractivity contribution in [2.75, 3.05) is 12.9 Å². The first kappa shape index (κ1) is 9.92. The fourth-order valence-electron chi connectivity index (χ4n) is 3.04. The van der Waals surface area contributed by atoms with Gasteiger partial charge in [-0.3, -0.25) is 0 Å². The van der Waals surface area contributed by atoms with Crippen LogP contribution in [0.3, 0.4) is 0 Å². The summed E-state index contributed by atoms with van der Waals surface area (Å²) >= 11 is 0. The lowest BCUT2D eigenvalue weighted by atomic mass is 9.38. The highest BCUT2D eigenvalue weighted by atomic mass is 15.1. The normalized spacial score (nSPS) is 33.3. The smallest absolute Gasteiger partial charge is 0.175 e. The second-order valence-corrected chi connectivity index (χ2v) is 5.44. The van der Waals surface area contributed by atoms with Crippen LogP contribution < -0.4 is 10.6 Å². The van der Waals surface area contributed by atoms with Crippen molar-refractivity contribution in [1.82, 2.24) is 10.6 Å². The lowest BCUT2D eigenvalue weighted by molar-refractivity contribution is 0.403. The minimum absolute atomic E-state index is 0.639. The lowest BCUT2D eigenvalue weighted by Gasteiger charge is -2.34. The molecule has 1 saturated heterocycles. The second kappa shape index (κ2) is 4.30. The van der Waals surface area contributed by atoms with Crippen LogP contribution in [0.4, 0.5) is 0 Å². The first-order valence-electron chi connectivity index (χ1n) is 6.55. The Hall–Kier alpha value is -0.275. The van der Waals surface area contributed by atoms with E-state index in [0.29, 0.717) is 6.17 Å². The topological polar surface area (TPSA) is 24.1 Å². The third-order valence-corrected chi connectivity index (χ3v) is 4.27. The van der Waals surface area contributed by atoms with Crippen LogP contribution in [-0.2, 0) is 0 Å². The summed E-state index contributed by atoms with van der Waals surface area (Å²) in [4.78, 5) is 0. The highest BCUT2D eigenvalue weighted by Crippen LogP contribution is 2.33. The van der Waals surface area contributed by atoms with Crippen LogP contribution >= 0.6 is 0 Å². The van der Waals surface area contributed by atoms with Crippen molar-refractivity contribution in [3.8, 4) is 0 Å². The zero-order valence-electron chi connectivity index (χ0n) is 9.41. The van der Waals surface area contributed by atoms with Crippen LogP contribution in [0.1, 0.15) is 32.1 Å². The Morgan fingerprint density at radius 2 is 1.80 bits per heavy atom. The molecule has 1 saturated carbocycles. The van der Waals surface area contributed by atoms with Crippen LogP contribution in [-0.4, -0.2) is 25.8 Å². The molecule has 1 unspecified atom stereocenters. The Bertz CT molecular complexity index is 242. The molecule has 15 heavy (non-hydrogen) atoms. The van der Waals surface area contributed by atoms with Crippen molar-refractivity contribution in [3.63, 3.8) is 0 Å². The zero-order valence-corrected chi connectivity index (χ0v) is 9.41. The van der Waals surface area contributed by atoms with Gasteiger partial charge in [0, 0.05) is 0 Å². The van der Waals surface area contributed by atoms with Gasteiger partial charge in [-0.05, 0) is 44.5 Å². The fraction of sp³-hybridized carbons (Fsp3) is 0.833. The van der Waals surface area contributed by atoms with Gasteiger partial charge in [0.25, 0.3) is 0 Å². The van der Waals surface area contributed by atoms with Crippen LogP contribution in [0, 0.1) is 5.92 Å². The highest BCUT2D eigenvalue weighted by molar-refractivity contribution is 6.61. The average molecular weight is 204 g/mol. The van der Waals surface area contributed by atoms with Crippen LogP contribution in [0.15, 0.2) is 12.2 Å². The number of hydrogen-bond acceptors (Lipinski definition) is 2. The predicted octanol–water partition coefficient (Wildman–Crippen LogP) is 1.60. The molecule has 2 aliphatic carbocycles. The minimum atomic E-state index is 0.639. The van der Waals surface area contributed by atoms with Gasteiger partial charge in [-0.2, -0.15) is 0 Å². The molecule has 0 aromatic carbocycles. The molecule has 0 radical (unpaired) electrons. The van der Waals surface area contributed by atoms with Gasteiger partial charge in [-0.1, -0.05) is 24.4 Å². The molecule has 0 aromatic heterocycles. The Balaban J connectivity index is 1.50. The van der Waals surface area contributed by atoms with E-state index in [0.717, 1.165) is 18.4 Å². The van der Waals surface area contributed by atoms with Gasteiger partial charge in [-0.15, -0.1) is 0 Å². The van der Waals surface area contributed by atoms with Crippen molar-refractivity contribution in [3.05, 3.63) is 12.2 Å². The van der Waals surface area contributed by atoms with Gasteiger partial charge >= 0.3 is 0 Å². The monoisotopic (exact) mass is 204 g/mol. The quantitative estimate of drug-likeness (QED) is 0.527. The molecule has 1 aliphatic heterocycles. The molecule has 82 valence electrons. The van der Waals surface area contributed by atoms with Gasteiger partial charge in [0.2, 0.25) is 0 Å². The van der Waals surface area contributed by atoms with E-state index in [9.17, 15) is 0 Å².